The Morgan fingerprint density at radius 3 is 2.44 bits per heavy atom. The Balaban J connectivity index is 1.54. The van der Waals surface area contributed by atoms with Gasteiger partial charge in [-0.25, -0.2) is 4.98 Å². The third-order valence-corrected chi connectivity index (χ3v) is 4.04. The van der Waals surface area contributed by atoms with Gasteiger partial charge in [-0.3, -0.25) is 4.99 Å². The first-order chi connectivity index (χ1) is 13.1. The number of aliphatic imine (C=N–C) groups is 1. The van der Waals surface area contributed by atoms with E-state index in [0.29, 0.717) is 24.9 Å². The fourth-order valence-electron chi connectivity index (χ4n) is 2.52. The van der Waals surface area contributed by atoms with Gasteiger partial charge in [0.15, 0.2) is 5.96 Å². The fraction of sp³-hybridized carbons (Fsp3) is 0.238. The van der Waals surface area contributed by atoms with Gasteiger partial charge in [0.25, 0.3) is 0 Å². The zero-order valence-corrected chi connectivity index (χ0v) is 15.8. The average molecular weight is 364 g/mol. The van der Waals surface area contributed by atoms with Crippen molar-refractivity contribution in [2.45, 2.75) is 26.9 Å². The molecule has 3 rings (SSSR count). The minimum atomic E-state index is 0.478. The molecule has 140 valence electrons. The summed E-state index contributed by atoms with van der Waals surface area (Å²) in [6.45, 7) is 4.93. The van der Waals surface area contributed by atoms with Crippen molar-refractivity contribution in [2.24, 2.45) is 4.99 Å². The Hall–Kier alpha value is -3.28. The van der Waals surface area contributed by atoms with Crippen molar-refractivity contribution in [3.63, 3.8) is 0 Å². The van der Waals surface area contributed by atoms with Gasteiger partial charge in [0.05, 0.1) is 12.2 Å². The van der Waals surface area contributed by atoms with Crippen LogP contribution in [0.5, 0.6) is 11.5 Å². The number of nitrogens with one attached hydrogen (secondary N) is 2. The summed E-state index contributed by atoms with van der Waals surface area (Å²) in [4.78, 5) is 8.59. The van der Waals surface area contributed by atoms with Crippen molar-refractivity contribution in [1.82, 2.24) is 15.6 Å². The quantitative estimate of drug-likeness (QED) is 0.512. The van der Waals surface area contributed by atoms with E-state index in [1.54, 1.807) is 7.05 Å². The molecule has 2 aromatic carbocycles. The second-order valence-electron chi connectivity index (χ2n) is 6.09. The molecule has 27 heavy (non-hydrogen) atoms. The lowest BCUT2D eigenvalue weighted by Gasteiger charge is -2.12. The van der Waals surface area contributed by atoms with Gasteiger partial charge >= 0.3 is 0 Å². The van der Waals surface area contributed by atoms with E-state index < -0.39 is 0 Å². The zero-order chi connectivity index (χ0) is 19.1. The number of oxazole rings is 1. The van der Waals surface area contributed by atoms with Gasteiger partial charge in [0, 0.05) is 13.6 Å². The second-order valence-corrected chi connectivity index (χ2v) is 6.09. The van der Waals surface area contributed by atoms with E-state index >= 15 is 0 Å². The number of aryl methyl sites for hydroxylation is 2. The van der Waals surface area contributed by atoms with Crippen molar-refractivity contribution in [3.05, 3.63) is 77.5 Å². The minimum Gasteiger partial charge on any atom is -0.457 e. The maximum absolute atomic E-state index is 5.88. The monoisotopic (exact) mass is 364 g/mol. The molecule has 0 unspecified atom stereocenters. The van der Waals surface area contributed by atoms with Crippen LogP contribution < -0.4 is 15.4 Å². The molecule has 0 amide bonds. The number of ether oxygens (including phenoxy) is 1. The SMILES string of the molecule is CN=C(NCc1cccc(Oc2ccccc2)c1)NCc1nc(C)c(C)o1. The number of benzene rings is 2. The lowest BCUT2D eigenvalue weighted by molar-refractivity contribution is 0.463. The Bertz CT molecular complexity index is 884. The van der Waals surface area contributed by atoms with E-state index in [-0.39, 0.29) is 0 Å². The van der Waals surface area contributed by atoms with Gasteiger partial charge in [-0.2, -0.15) is 0 Å². The lowest BCUT2D eigenvalue weighted by Crippen LogP contribution is -2.36. The van der Waals surface area contributed by atoms with Crippen LogP contribution >= 0.6 is 0 Å². The number of aromatic nitrogens is 1. The van der Waals surface area contributed by atoms with Crippen LogP contribution in [0, 0.1) is 13.8 Å². The number of guanidine groups is 1. The molecule has 3 aromatic rings. The molecule has 1 heterocycles. The van der Waals surface area contributed by atoms with E-state index in [9.17, 15) is 0 Å². The summed E-state index contributed by atoms with van der Waals surface area (Å²) in [5.41, 5.74) is 2.00. The standard InChI is InChI=1S/C21H24N4O2/c1-15-16(2)26-20(25-15)14-24-21(22-3)23-13-17-8-7-11-19(12-17)27-18-9-5-4-6-10-18/h4-12H,13-14H2,1-3H3,(H2,22,23,24). The van der Waals surface area contributed by atoms with Crippen molar-refractivity contribution < 1.29 is 9.15 Å². The normalized spacial score (nSPS) is 11.3. The summed E-state index contributed by atoms with van der Waals surface area (Å²) in [6, 6.07) is 17.7. The molecular weight excluding hydrogens is 340 g/mol. The first kappa shape index (κ1) is 18.5. The average Bonchev–Trinajstić information content (AvgIpc) is 3.01. The number of rotatable bonds is 6. The summed E-state index contributed by atoms with van der Waals surface area (Å²) >= 11 is 0. The molecule has 6 heteroatoms. The molecule has 0 fully saturated rings. The van der Waals surface area contributed by atoms with Crippen LogP contribution in [0.25, 0.3) is 0 Å². The van der Waals surface area contributed by atoms with Gasteiger partial charge in [0.2, 0.25) is 5.89 Å². The van der Waals surface area contributed by atoms with E-state index in [0.717, 1.165) is 28.5 Å². The highest BCUT2D eigenvalue weighted by atomic mass is 16.5. The number of para-hydroxylation sites is 1. The largest absolute Gasteiger partial charge is 0.457 e. The number of hydrogen-bond acceptors (Lipinski definition) is 4. The Kier molecular flexibility index (Phi) is 6.10. The van der Waals surface area contributed by atoms with Crippen LogP contribution in [0.15, 0.2) is 64.0 Å². The highest BCUT2D eigenvalue weighted by Gasteiger charge is 2.06. The third-order valence-electron chi connectivity index (χ3n) is 4.04. The molecule has 0 radical (unpaired) electrons. The summed E-state index contributed by atoms with van der Waals surface area (Å²) in [6.07, 6.45) is 0. The third kappa shape index (κ3) is 5.34. The van der Waals surface area contributed by atoms with E-state index in [1.165, 1.54) is 0 Å². The van der Waals surface area contributed by atoms with Crippen LogP contribution in [-0.2, 0) is 13.1 Å². The lowest BCUT2D eigenvalue weighted by atomic mass is 10.2. The first-order valence-corrected chi connectivity index (χ1v) is 8.83. The zero-order valence-electron chi connectivity index (χ0n) is 15.8. The highest BCUT2D eigenvalue weighted by Crippen LogP contribution is 2.21. The van der Waals surface area contributed by atoms with Gasteiger partial charge in [0.1, 0.15) is 17.3 Å². The maximum Gasteiger partial charge on any atom is 0.214 e. The first-order valence-electron chi connectivity index (χ1n) is 8.83. The number of hydrogen-bond donors (Lipinski definition) is 2. The summed E-state index contributed by atoms with van der Waals surface area (Å²) in [5.74, 6) is 3.78. The van der Waals surface area contributed by atoms with Crippen LogP contribution in [0.1, 0.15) is 22.9 Å². The van der Waals surface area contributed by atoms with Gasteiger partial charge in [-0.1, -0.05) is 30.3 Å². The molecule has 0 aliphatic carbocycles. The van der Waals surface area contributed by atoms with E-state index in [4.69, 9.17) is 9.15 Å². The van der Waals surface area contributed by atoms with Crippen LogP contribution in [0.3, 0.4) is 0 Å². The molecule has 0 saturated carbocycles. The van der Waals surface area contributed by atoms with Gasteiger partial charge in [-0.05, 0) is 43.7 Å². The molecule has 0 bridgehead atoms. The molecule has 0 aliphatic rings. The van der Waals surface area contributed by atoms with Gasteiger partial charge in [-0.15, -0.1) is 0 Å². The van der Waals surface area contributed by atoms with Crippen molar-refractivity contribution in [1.29, 1.82) is 0 Å². The Labute approximate surface area is 159 Å². The minimum absolute atomic E-state index is 0.478. The molecule has 2 N–H and O–H groups in total. The van der Waals surface area contributed by atoms with Crippen LogP contribution in [-0.4, -0.2) is 18.0 Å². The molecule has 0 atom stereocenters. The Morgan fingerprint density at radius 2 is 1.74 bits per heavy atom. The smallest absolute Gasteiger partial charge is 0.214 e. The predicted molar refractivity (Wildman–Crippen MR) is 106 cm³/mol. The molecule has 6 nitrogen and oxygen atoms in total. The summed E-state index contributed by atoms with van der Waals surface area (Å²) < 4.78 is 11.4. The molecule has 0 spiro atoms. The van der Waals surface area contributed by atoms with Crippen LogP contribution in [0.4, 0.5) is 0 Å². The van der Waals surface area contributed by atoms with Gasteiger partial charge < -0.3 is 19.8 Å². The molecule has 1 aromatic heterocycles. The Morgan fingerprint density at radius 1 is 1.00 bits per heavy atom. The van der Waals surface area contributed by atoms with E-state index in [2.05, 4.69) is 20.6 Å². The number of nitrogens with zero attached hydrogens (tertiary/aromatic N) is 2. The van der Waals surface area contributed by atoms with Crippen LogP contribution in [0.2, 0.25) is 0 Å². The fourth-order valence-corrected chi connectivity index (χ4v) is 2.52. The van der Waals surface area contributed by atoms with Crippen molar-refractivity contribution in [2.75, 3.05) is 7.05 Å². The molecule has 0 aliphatic heterocycles. The molecular formula is C21H24N4O2. The predicted octanol–water partition coefficient (Wildman–Crippen LogP) is 3.95. The summed E-state index contributed by atoms with van der Waals surface area (Å²) in [5, 5.41) is 6.48. The topological polar surface area (TPSA) is 71.7 Å². The van der Waals surface area contributed by atoms with Crippen molar-refractivity contribution >= 4 is 5.96 Å². The van der Waals surface area contributed by atoms with Crippen molar-refractivity contribution in [3.8, 4) is 11.5 Å². The summed E-state index contributed by atoms with van der Waals surface area (Å²) in [7, 11) is 1.73. The van der Waals surface area contributed by atoms with E-state index in [1.807, 2.05) is 68.4 Å². The maximum atomic E-state index is 5.88. The highest BCUT2D eigenvalue weighted by molar-refractivity contribution is 5.79. The second kappa shape index (κ2) is 8.89. The molecule has 0 saturated heterocycles.